The van der Waals surface area contributed by atoms with Crippen LogP contribution in [-0.4, -0.2) is 18.1 Å². The Hall–Kier alpha value is -0.860. The minimum absolute atomic E-state index is 0.0182. The fraction of sp³-hybridized carbons (Fsp3) is 0.846. The number of aliphatic imine (C=N–C) groups is 1. The summed E-state index contributed by atoms with van der Waals surface area (Å²) in [6.07, 6.45) is 5.72. The molecule has 86 valence electrons. The second-order valence-corrected chi connectivity index (χ2v) is 6.31. The predicted molar refractivity (Wildman–Crippen MR) is 63.6 cm³/mol. The molecule has 3 heteroatoms. The highest BCUT2D eigenvalue weighted by Crippen LogP contribution is 2.87. The van der Waals surface area contributed by atoms with Gasteiger partial charge in [-0.3, -0.25) is 4.99 Å². The van der Waals surface area contributed by atoms with Gasteiger partial charge in [0.05, 0.1) is 6.04 Å². The van der Waals surface area contributed by atoms with Crippen molar-refractivity contribution in [2.75, 3.05) is 0 Å². The van der Waals surface area contributed by atoms with Gasteiger partial charge in [-0.25, -0.2) is 0 Å². The summed E-state index contributed by atoms with van der Waals surface area (Å²) in [4.78, 5) is 4.71. The SMILES string of the molecule is CC(C=N)C(N)=NC1C2CC3CC4CC1C342. The van der Waals surface area contributed by atoms with Gasteiger partial charge in [-0.15, -0.1) is 0 Å². The highest BCUT2D eigenvalue weighted by atomic mass is 15.0. The van der Waals surface area contributed by atoms with Crippen molar-refractivity contribution in [1.82, 2.24) is 0 Å². The van der Waals surface area contributed by atoms with Gasteiger partial charge in [-0.2, -0.15) is 0 Å². The molecule has 0 amide bonds. The normalized spacial score (nSPS) is 57.8. The molecule has 5 unspecified atom stereocenters. The first kappa shape index (κ1) is 9.20. The standard InChI is InChI=1S/C13H19N3/c1-6(5-14)12(15)16-11-9-3-7-2-8-4-10(11)13(7,8)9/h5-11,14H,2-4H2,1H3,(H2,15,16). The first-order valence-electron chi connectivity index (χ1n) is 6.53. The maximum absolute atomic E-state index is 7.22. The van der Waals surface area contributed by atoms with Crippen LogP contribution in [0, 0.1) is 40.4 Å². The average Bonchev–Trinajstić information content (AvgIpc) is 2.18. The van der Waals surface area contributed by atoms with Crippen molar-refractivity contribution in [3.05, 3.63) is 0 Å². The number of nitrogens with one attached hydrogen (secondary N) is 1. The molecule has 4 aliphatic carbocycles. The Morgan fingerprint density at radius 1 is 1.38 bits per heavy atom. The first-order valence-corrected chi connectivity index (χ1v) is 6.53. The maximum atomic E-state index is 7.22. The van der Waals surface area contributed by atoms with E-state index in [0.717, 1.165) is 29.1 Å². The molecule has 4 saturated carbocycles. The number of rotatable bonds is 3. The fourth-order valence-corrected chi connectivity index (χ4v) is 5.30. The number of hydrogen-bond acceptors (Lipinski definition) is 2. The van der Waals surface area contributed by atoms with Gasteiger partial charge in [0.25, 0.3) is 0 Å². The second-order valence-electron chi connectivity index (χ2n) is 6.31. The lowest BCUT2D eigenvalue weighted by Gasteiger charge is -2.88. The molecule has 0 aliphatic heterocycles. The van der Waals surface area contributed by atoms with E-state index in [1.807, 2.05) is 6.92 Å². The van der Waals surface area contributed by atoms with Crippen LogP contribution in [0.2, 0.25) is 0 Å². The van der Waals surface area contributed by atoms with Crippen LogP contribution in [0.5, 0.6) is 0 Å². The Morgan fingerprint density at radius 2 is 2.00 bits per heavy atom. The molecule has 4 aliphatic rings. The van der Waals surface area contributed by atoms with Crippen molar-refractivity contribution < 1.29 is 0 Å². The molecule has 0 saturated heterocycles. The van der Waals surface area contributed by atoms with Crippen molar-refractivity contribution >= 4 is 12.1 Å². The van der Waals surface area contributed by atoms with E-state index in [-0.39, 0.29) is 5.92 Å². The molecule has 3 nitrogen and oxygen atoms in total. The molecule has 16 heavy (non-hydrogen) atoms. The molecule has 4 rings (SSSR count). The molecule has 4 fully saturated rings. The van der Waals surface area contributed by atoms with Crippen LogP contribution in [0.25, 0.3) is 0 Å². The van der Waals surface area contributed by atoms with Crippen molar-refractivity contribution in [2.24, 2.45) is 45.7 Å². The third-order valence-corrected chi connectivity index (χ3v) is 6.18. The highest BCUT2D eigenvalue weighted by molar-refractivity contribution is 5.95. The van der Waals surface area contributed by atoms with Gasteiger partial charge >= 0.3 is 0 Å². The summed E-state index contributed by atoms with van der Waals surface area (Å²) in [6, 6.07) is 0.523. The third-order valence-electron chi connectivity index (χ3n) is 6.18. The Balaban J connectivity index is 1.53. The lowest BCUT2D eigenvalue weighted by molar-refractivity contribution is -0.385. The molecule has 0 aromatic heterocycles. The molecular formula is C13H19N3. The van der Waals surface area contributed by atoms with Gasteiger partial charge in [-0.05, 0) is 48.3 Å². The lowest BCUT2D eigenvalue weighted by Crippen LogP contribution is -2.85. The summed E-state index contributed by atoms with van der Waals surface area (Å²) in [5.74, 6) is 4.56. The summed E-state index contributed by atoms with van der Waals surface area (Å²) in [6.45, 7) is 1.96. The fourth-order valence-electron chi connectivity index (χ4n) is 5.30. The van der Waals surface area contributed by atoms with Crippen LogP contribution in [0.1, 0.15) is 26.2 Å². The van der Waals surface area contributed by atoms with Crippen LogP contribution < -0.4 is 5.73 Å². The minimum atomic E-state index is 0.0182. The molecule has 5 atom stereocenters. The molecule has 0 aromatic rings. The Bertz CT molecular complexity index is 378. The van der Waals surface area contributed by atoms with E-state index in [2.05, 4.69) is 0 Å². The van der Waals surface area contributed by atoms with Crippen molar-refractivity contribution in [1.29, 1.82) is 5.41 Å². The smallest absolute Gasteiger partial charge is 0.102 e. The van der Waals surface area contributed by atoms with Crippen LogP contribution in [0.3, 0.4) is 0 Å². The Morgan fingerprint density at radius 3 is 2.50 bits per heavy atom. The van der Waals surface area contributed by atoms with Crippen LogP contribution >= 0.6 is 0 Å². The van der Waals surface area contributed by atoms with Gasteiger partial charge in [-0.1, -0.05) is 6.92 Å². The summed E-state index contributed by atoms with van der Waals surface area (Å²) >= 11 is 0. The Labute approximate surface area is 96.0 Å². The number of amidine groups is 1. The number of nitrogens with two attached hydrogens (primary N) is 1. The van der Waals surface area contributed by atoms with Crippen LogP contribution in [0.15, 0.2) is 4.99 Å². The molecule has 3 N–H and O–H groups in total. The van der Waals surface area contributed by atoms with E-state index in [1.165, 1.54) is 25.5 Å². The zero-order chi connectivity index (χ0) is 11.1. The molecule has 1 spiro atoms. The highest BCUT2D eigenvalue weighted by Gasteiger charge is 2.84. The van der Waals surface area contributed by atoms with Crippen LogP contribution in [-0.2, 0) is 0 Å². The van der Waals surface area contributed by atoms with E-state index in [1.54, 1.807) is 0 Å². The second kappa shape index (κ2) is 2.52. The number of hydrogen-bond donors (Lipinski definition) is 2. The van der Waals surface area contributed by atoms with E-state index < -0.39 is 0 Å². The molecule has 0 heterocycles. The van der Waals surface area contributed by atoms with E-state index in [4.69, 9.17) is 16.1 Å². The van der Waals surface area contributed by atoms with Gasteiger partial charge in [0, 0.05) is 12.1 Å². The van der Waals surface area contributed by atoms with Gasteiger partial charge in [0.15, 0.2) is 0 Å². The molecule has 0 bridgehead atoms. The quantitative estimate of drug-likeness (QED) is 0.548. The Kier molecular flexibility index (Phi) is 1.45. The lowest BCUT2D eigenvalue weighted by atomic mass is 9.17. The monoisotopic (exact) mass is 217 g/mol. The average molecular weight is 217 g/mol. The predicted octanol–water partition coefficient (Wildman–Crippen LogP) is 1.67. The van der Waals surface area contributed by atoms with Gasteiger partial charge in [0.1, 0.15) is 5.84 Å². The van der Waals surface area contributed by atoms with Gasteiger partial charge < -0.3 is 11.1 Å². The van der Waals surface area contributed by atoms with E-state index in [0.29, 0.717) is 11.9 Å². The van der Waals surface area contributed by atoms with Crippen molar-refractivity contribution in [2.45, 2.75) is 32.2 Å². The summed E-state index contributed by atoms with van der Waals surface area (Å²) in [5, 5.41) is 7.22. The topological polar surface area (TPSA) is 62.2 Å². The zero-order valence-corrected chi connectivity index (χ0v) is 9.69. The molecule has 0 radical (unpaired) electrons. The first-order chi connectivity index (χ1) is 7.69. The van der Waals surface area contributed by atoms with Crippen LogP contribution in [0.4, 0.5) is 0 Å². The third kappa shape index (κ3) is 0.686. The largest absolute Gasteiger partial charge is 0.387 e. The number of nitrogens with zero attached hydrogens (tertiary/aromatic N) is 1. The maximum Gasteiger partial charge on any atom is 0.102 e. The van der Waals surface area contributed by atoms with Crippen molar-refractivity contribution in [3.63, 3.8) is 0 Å². The summed E-state index contributed by atoms with van der Waals surface area (Å²) < 4.78 is 0. The summed E-state index contributed by atoms with van der Waals surface area (Å²) in [5.41, 5.74) is 6.72. The van der Waals surface area contributed by atoms with Crippen molar-refractivity contribution in [3.8, 4) is 0 Å². The van der Waals surface area contributed by atoms with E-state index in [9.17, 15) is 0 Å². The van der Waals surface area contributed by atoms with Gasteiger partial charge in [0.2, 0.25) is 0 Å². The molecule has 0 aromatic carbocycles. The van der Waals surface area contributed by atoms with E-state index >= 15 is 0 Å². The zero-order valence-electron chi connectivity index (χ0n) is 9.69. The molecular weight excluding hydrogens is 198 g/mol. The minimum Gasteiger partial charge on any atom is -0.387 e. The summed E-state index contributed by atoms with van der Waals surface area (Å²) in [7, 11) is 0.